The van der Waals surface area contributed by atoms with E-state index < -0.39 is 23.1 Å². The molecule has 11 heteroatoms. The zero-order valence-corrected chi connectivity index (χ0v) is 20.0. The maximum absolute atomic E-state index is 13.5. The number of allylic oxidation sites excluding steroid dienone is 1. The van der Waals surface area contributed by atoms with E-state index in [1.165, 1.54) is 37.7 Å². The molecule has 0 bridgehead atoms. The number of anilines is 1. The van der Waals surface area contributed by atoms with Gasteiger partial charge in [0.2, 0.25) is 23.1 Å². The molecule has 1 spiro atoms. The van der Waals surface area contributed by atoms with E-state index in [4.69, 9.17) is 25.8 Å². The highest BCUT2D eigenvalue weighted by atomic mass is 35.5. The fourth-order valence-corrected chi connectivity index (χ4v) is 4.99. The molecule has 4 rings (SSSR count). The molecular weight excluding hydrogens is 470 g/mol. The Bertz CT molecular complexity index is 1190. The van der Waals surface area contributed by atoms with Crippen molar-refractivity contribution in [3.8, 4) is 17.2 Å². The van der Waals surface area contributed by atoms with Gasteiger partial charge in [-0.25, -0.2) is 4.98 Å². The summed E-state index contributed by atoms with van der Waals surface area (Å²) in [5.41, 5.74) is -0.283. The lowest BCUT2D eigenvalue weighted by atomic mass is 9.74. The molecule has 9 nitrogen and oxygen atoms in total. The van der Waals surface area contributed by atoms with Gasteiger partial charge in [-0.3, -0.25) is 14.4 Å². The minimum absolute atomic E-state index is 0.0522. The topological polar surface area (TPSA) is 116 Å². The van der Waals surface area contributed by atoms with Crippen LogP contribution in [0.4, 0.5) is 5.13 Å². The number of aromatic nitrogens is 1. The Morgan fingerprint density at radius 3 is 2.67 bits per heavy atom. The fraction of sp³-hybridized carbons (Fsp3) is 0.364. The molecule has 1 aromatic heterocycles. The van der Waals surface area contributed by atoms with Crippen molar-refractivity contribution in [3.63, 3.8) is 0 Å². The number of carbonyl (C=O) groups is 3. The molecule has 33 heavy (non-hydrogen) atoms. The van der Waals surface area contributed by atoms with Crippen molar-refractivity contribution >= 4 is 45.5 Å². The first-order valence-electron chi connectivity index (χ1n) is 10.1. The van der Waals surface area contributed by atoms with E-state index in [9.17, 15) is 14.4 Å². The number of aryl methyl sites for hydroxylation is 1. The van der Waals surface area contributed by atoms with E-state index in [-0.39, 0.29) is 40.3 Å². The number of nitrogens with one attached hydrogen (secondary N) is 2. The summed E-state index contributed by atoms with van der Waals surface area (Å²) in [7, 11) is 2.84. The van der Waals surface area contributed by atoms with E-state index in [1.807, 2.05) is 12.3 Å². The first-order valence-corrected chi connectivity index (χ1v) is 11.4. The Morgan fingerprint density at radius 1 is 1.33 bits per heavy atom. The normalized spacial score (nSPS) is 21.4. The zero-order chi connectivity index (χ0) is 23.9. The molecule has 0 saturated heterocycles. The summed E-state index contributed by atoms with van der Waals surface area (Å²) in [6, 6.07) is 1.49. The van der Waals surface area contributed by atoms with Crippen LogP contribution in [0.15, 0.2) is 23.2 Å². The van der Waals surface area contributed by atoms with Crippen LogP contribution in [0.25, 0.3) is 0 Å². The Hall–Kier alpha value is -3.11. The Morgan fingerprint density at radius 2 is 2.06 bits per heavy atom. The fourth-order valence-electron chi connectivity index (χ4n) is 4.02. The van der Waals surface area contributed by atoms with E-state index in [1.54, 1.807) is 6.92 Å². The Balaban J connectivity index is 1.54. The second-order valence-electron chi connectivity index (χ2n) is 7.80. The SMILES string of the molecule is COc1cc(OC)c2c(c1Cl)O[C@@]1(C(=O)C=C(NCC(=O)Nc3nc(C)cs3)C[C@H]1C)C2=O. The number of thiazole rings is 1. The largest absolute Gasteiger partial charge is 0.496 e. The molecule has 2 aromatic rings. The van der Waals surface area contributed by atoms with Crippen molar-refractivity contribution in [2.24, 2.45) is 5.92 Å². The number of ketones is 2. The Kier molecular flexibility index (Phi) is 6.06. The number of amides is 1. The number of ether oxygens (including phenoxy) is 3. The highest BCUT2D eigenvalue weighted by molar-refractivity contribution is 7.13. The quantitative estimate of drug-likeness (QED) is 0.592. The third kappa shape index (κ3) is 3.83. The Labute approximate surface area is 199 Å². The van der Waals surface area contributed by atoms with Crippen LogP contribution in [0.1, 0.15) is 29.4 Å². The summed E-state index contributed by atoms with van der Waals surface area (Å²) in [4.78, 5) is 43.1. The number of rotatable bonds is 6. The van der Waals surface area contributed by atoms with Gasteiger partial charge in [-0.05, 0) is 13.3 Å². The van der Waals surface area contributed by atoms with Gasteiger partial charge < -0.3 is 24.8 Å². The average Bonchev–Trinajstić information content (AvgIpc) is 3.33. The van der Waals surface area contributed by atoms with Crippen molar-refractivity contribution in [1.82, 2.24) is 10.3 Å². The van der Waals surface area contributed by atoms with E-state index in [0.29, 0.717) is 17.2 Å². The number of benzene rings is 1. The number of Topliss-reactive ketones (excluding diaryl/α,β-unsaturated/α-hetero) is 1. The van der Waals surface area contributed by atoms with Gasteiger partial charge in [0.15, 0.2) is 10.9 Å². The molecule has 1 amide bonds. The van der Waals surface area contributed by atoms with Crippen molar-refractivity contribution in [2.75, 3.05) is 26.1 Å². The molecular formula is C22H22ClN3O6S. The summed E-state index contributed by atoms with van der Waals surface area (Å²) in [6.45, 7) is 3.53. The number of fused-ring (bicyclic) bond motifs is 1. The maximum Gasteiger partial charge on any atom is 0.245 e. The number of hydrogen-bond acceptors (Lipinski definition) is 9. The van der Waals surface area contributed by atoms with Crippen molar-refractivity contribution in [3.05, 3.63) is 39.5 Å². The highest BCUT2D eigenvalue weighted by Crippen LogP contribution is 2.52. The average molecular weight is 492 g/mol. The number of nitrogens with zero attached hydrogens (tertiary/aromatic N) is 1. The molecule has 0 unspecified atom stereocenters. The monoisotopic (exact) mass is 491 g/mol. The van der Waals surface area contributed by atoms with Gasteiger partial charge >= 0.3 is 0 Å². The second kappa shape index (κ2) is 8.68. The van der Waals surface area contributed by atoms with Crippen molar-refractivity contribution in [2.45, 2.75) is 25.9 Å². The van der Waals surface area contributed by atoms with Gasteiger partial charge in [0, 0.05) is 29.1 Å². The molecule has 174 valence electrons. The summed E-state index contributed by atoms with van der Waals surface area (Å²) in [6.07, 6.45) is 1.62. The summed E-state index contributed by atoms with van der Waals surface area (Å²) >= 11 is 7.71. The van der Waals surface area contributed by atoms with Gasteiger partial charge in [-0.15, -0.1) is 11.3 Å². The van der Waals surface area contributed by atoms with Crippen LogP contribution in [0.2, 0.25) is 5.02 Å². The molecule has 1 aliphatic carbocycles. The van der Waals surface area contributed by atoms with Crippen LogP contribution in [0.3, 0.4) is 0 Å². The molecule has 1 aromatic carbocycles. The molecule has 0 fully saturated rings. The van der Waals surface area contributed by atoms with Gasteiger partial charge in [0.05, 0.1) is 26.5 Å². The minimum atomic E-state index is -1.75. The third-order valence-electron chi connectivity index (χ3n) is 5.65. The van der Waals surface area contributed by atoms with Crippen molar-refractivity contribution in [1.29, 1.82) is 0 Å². The first kappa shape index (κ1) is 23.1. The smallest absolute Gasteiger partial charge is 0.245 e. The number of methoxy groups -OCH3 is 2. The lowest BCUT2D eigenvalue weighted by Crippen LogP contribution is -2.55. The third-order valence-corrected chi connectivity index (χ3v) is 6.88. The standard InChI is InChI=1S/C22H22ClN3O6S/c1-10-5-12(24-8-16(28)26-21-25-11(2)9-33-21)6-15(27)22(10)20(29)17-13(30-3)7-14(31-4)18(23)19(17)32-22/h6-7,9-10,24H,5,8H2,1-4H3,(H,25,26,28)/t10-,22+/m1/s1. The number of halogens is 1. The molecule has 0 saturated carbocycles. The molecule has 2 heterocycles. The molecule has 2 N–H and O–H groups in total. The van der Waals surface area contributed by atoms with E-state index >= 15 is 0 Å². The van der Waals surface area contributed by atoms with E-state index in [2.05, 4.69) is 15.6 Å². The maximum atomic E-state index is 13.5. The number of carbonyl (C=O) groups excluding carboxylic acids is 3. The first-order chi connectivity index (χ1) is 15.7. The minimum Gasteiger partial charge on any atom is -0.496 e. The lowest BCUT2D eigenvalue weighted by molar-refractivity contribution is -0.129. The van der Waals surface area contributed by atoms with Gasteiger partial charge in [-0.1, -0.05) is 18.5 Å². The van der Waals surface area contributed by atoms with E-state index in [0.717, 1.165) is 5.69 Å². The van der Waals surface area contributed by atoms with Crippen LogP contribution in [0, 0.1) is 12.8 Å². The predicted molar refractivity (Wildman–Crippen MR) is 123 cm³/mol. The van der Waals surface area contributed by atoms with Crippen LogP contribution >= 0.6 is 22.9 Å². The number of hydrogen-bond donors (Lipinski definition) is 2. The highest BCUT2D eigenvalue weighted by Gasteiger charge is 2.60. The molecule has 2 aliphatic rings. The predicted octanol–water partition coefficient (Wildman–Crippen LogP) is 3.16. The van der Waals surface area contributed by atoms with Gasteiger partial charge in [0.1, 0.15) is 22.1 Å². The molecule has 1 aliphatic heterocycles. The second-order valence-corrected chi connectivity index (χ2v) is 9.04. The zero-order valence-electron chi connectivity index (χ0n) is 18.4. The van der Waals surface area contributed by atoms with Crippen LogP contribution in [-0.2, 0) is 9.59 Å². The van der Waals surface area contributed by atoms with Gasteiger partial charge in [0.25, 0.3) is 0 Å². The van der Waals surface area contributed by atoms with Crippen molar-refractivity contribution < 1.29 is 28.6 Å². The lowest BCUT2D eigenvalue weighted by Gasteiger charge is -2.35. The van der Waals surface area contributed by atoms with Crippen LogP contribution < -0.4 is 24.8 Å². The van der Waals surface area contributed by atoms with Gasteiger partial charge in [-0.2, -0.15) is 0 Å². The van der Waals surface area contributed by atoms with Crippen LogP contribution in [0.5, 0.6) is 17.2 Å². The van der Waals surface area contributed by atoms with Crippen LogP contribution in [-0.4, -0.2) is 48.8 Å². The molecule has 2 atom stereocenters. The summed E-state index contributed by atoms with van der Waals surface area (Å²) < 4.78 is 16.6. The molecule has 0 radical (unpaired) electrons. The summed E-state index contributed by atoms with van der Waals surface area (Å²) in [5, 5.41) is 8.10. The summed E-state index contributed by atoms with van der Waals surface area (Å²) in [5.74, 6) is -1.31.